The van der Waals surface area contributed by atoms with Gasteiger partial charge in [0.25, 0.3) is 0 Å². The third-order valence-electron chi connectivity index (χ3n) is 7.72. The molecule has 0 bridgehead atoms. The molecule has 0 unspecified atom stereocenters. The number of hydrogen-bond acceptors (Lipinski definition) is 2. The molecule has 224 valence electrons. The first kappa shape index (κ1) is 30.7. The molecule has 44 heavy (non-hydrogen) atoms. The molecule has 0 aliphatic carbocycles. The molecule has 0 aliphatic heterocycles. The van der Waals surface area contributed by atoms with Gasteiger partial charge in [0.15, 0.2) is 0 Å². The molecule has 0 fully saturated rings. The fourth-order valence-corrected chi connectivity index (χ4v) is 5.08. The summed E-state index contributed by atoms with van der Waals surface area (Å²) in [6, 6.07) is 26.8. The van der Waals surface area contributed by atoms with E-state index in [1.807, 2.05) is 37.3 Å². The summed E-state index contributed by atoms with van der Waals surface area (Å²) in [6.45, 7) is 3.32. The third-order valence-corrected chi connectivity index (χ3v) is 7.72. The normalized spacial score (nSPS) is 11.0. The summed E-state index contributed by atoms with van der Waals surface area (Å²) >= 11 is 0. The molecular formula is C38H32F4O2. The molecule has 5 rings (SSSR count). The van der Waals surface area contributed by atoms with Crippen LogP contribution >= 0.6 is 0 Å². The zero-order valence-electron chi connectivity index (χ0n) is 24.6. The Labute approximate surface area is 255 Å². The Morgan fingerprint density at radius 2 is 1.14 bits per heavy atom. The maximum Gasteiger partial charge on any atom is 0.311 e. The smallest absolute Gasteiger partial charge is 0.311 e. The van der Waals surface area contributed by atoms with Crippen molar-refractivity contribution in [2.24, 2.45) is 0 Å². The Hall–Kier alpha value is -4.71. The van der Waals surface area contributed by atoms with Crippen LogP contribution < -0.4 is 4.74 Å². The monoisotopic (exact) mass is 596 g/mol. The summed E-state index contributed by atoms with van der Waals surface area (Å²) in [4.78, 5) is 12.3. The van der Waals surface area contributed by atoms with E-state index < -0.39 is 17.5 Å². The van der Waals surface area contributed by atoms with Crippen LogP contribution in [-0.4, -0.2) is 5.97 Å². The first-order valence-corrected chi connectivity index (χ1v) is 14.6. The Balaban J connectivity index is 1.07. The van der Waals surface area contributed by atoms with E-state index in [0.717, 1.165) is 52.8 Å². The summed E-state index contributed by atoms with van der Waals surface area (Å²) in [5.41, 5.74) is 4.98. The Kier molecular flexibility index (Phi) is 9.59. The van der Waals surface area contributed by atoms with Gasteiger partial charge in [-0.2, -0.15) is 0 Å². The Morgan fingerprint density at radius 1 is 0.568 bits per heavy atom. The van der Waals surface area contributed by atoms with Crippen molar-refractivity contribution in [1.82, 2.24) is 0 Å². The molecule has 0 saturated carbocycles. The van der Waals surface area contributed by atoms with Crippen LogP contribution in [0.2, 0.25) is 0 Å². The fraction of sp³-hybridized carbons (Fsp3) is 0.184. The van der Waals surface area contributed by atoms with E-state index in [2.05, 4.69) is 0 Å². The average Bonchev–Trinajstić information content (AvgIpc) is 3.00. The predicted octanol–water partition coefficient (Wildman–Crippen LogP) is 10.6. The molecule has 0 radical (unpaired) electrons. The standard InChI is InChI=1S/C38H32F4O2/c1-24-8-11-28(12-9-24)32-19-15-29(21-37(32)42)27-13-16-31(17-14-27)44-38(43)7-5-3-4-6-26-10-18-33(36(41)20-26)30-22-34(39)25(2)35(40)23-30/h8-23H,3-7H2,1-2H3. The van der Waals surface area contributed by atoms with E-state index in [1.54, 1.807) is 36.4 Å². The highest BCUT2D eigenvalue weighted by molar-refractivity contribution is 5.74. The van der Waals surface area contributed by atoms with Crippen LogP contribution in [0.4, 0.5) is 17.6 Å². The number of aryl methyl sites for hydroxylation is 2. The van der Waals surface area contributed by atoms with E-state index in [0.29, 0.717) is 24.2 Å². The van der Waals surface area contributed by atoms with Crippen LogP contribution in [-0.2, 0) is 11.2 Å². The van der Waals surface area contributed by atoms with E-state index in [-0.39, 0.29) is 34.9 Å². The number of ether oxygens (including phenoxy) is 1. The van der Waals surface area contributed by atoms with Crippen molar-refractivity contribution in [3.8, 4) is 39.1 Å². The lowest BCUT2D eigenvalue weighted by molar-refractivity contribution is -0.134. The minimum absolute atomic E-state index is 0.0959. The highest BCUT2D eigenvalue weighted by Crippen LogP contribution is 2.30. The second-order valence-corrected chi connectivity index (χ2v) is 11.0. The summed E-state index contributed by atoms with van der Waals surface area (Å²) in [5.74, 6) is -2.20. The molecule has 0 heterocycles. The van der Waals surface area contributed by atoms with Crippen molar-refractivity contribution in [1.29, 1.82) is 0 Å². The van der Waals surface area contributed by atoms with Crippen molar-refractivity contribution < 1.29 is 27.1 Å². The molecular weight excluding hydrogens is 564 g/mol. The lowest BCUT2D eigenvalue weighted by atomic mass is 9.99. The number of halogens is 4. The molecule has 5 aromatic carbocycles. The molecule has 2 nitrogen and oxygen atoms in total. The molecule has 0 saturated heterocycles. The van der Waals surface area contributed by atoms with Gasteiger partial charge < -0.3 is 4.74 Å². The van der Waals surface area contributed by atoms with E-state index in [1.165, 1.54) is 25.1 Å². The lowest BCUT2D eigenvalue weighted by Crippen LogP contribution is -2.07. The minimum Gasteiger partial charge on any atom is -0.427 e. The van der Waals surface area contributed by atoms with Gasteiger partial charge in [0.2, 0.25) is 0 Å². The van der Waals surface area contributed by atoms with Gasteiger partial charge >= 0.3 is 5.97 Å². The van der Waals surface area contributed by atoms with Crippen LogP contribution in [0.3, 0.4) is 0 Å². The maximum atomic E-state index is 14.9. The highest BCUT2D eigenvalue weighted by atomic mass is 19.1. The number of benzene rings is 5. The molecule has 0 amide bonds. The van der Waals surface area contributed by atoms with Crippen LogP contribution in [0.1, 0.15) is 42.4 Å². The summed E-state index contributed by atoms with van der Waals surface area (Å²) in [5, 5.41) is 0. The Morgan fingerprint density at radius 3 is 1.80 bits per heavy atom. The minimum atomic E-state index is -0.712. The largest absolute Gasteiger partial charge is 0.427 e. The van der Waals surface area contributed by atoms with Gasteiger partial charge in [-0.3, -0.25) is 4.79 Å². The van der Waals surface area contributed by atoms with Gasteiger partial charge in [0, 0.05) is 23.1 Å². The highest BCUT2D eigenvalue weighted by Gasteiger charge is 2.13. The average molecular weight is 597 g/mol. The van der Waals surface area contributed by atoms with Crippen molar-refractivity contribution >= 4 is 5.97 Å². The van der Waals surface area contributed by atoms with E-state index >= 15 is 0 Å². The molecule has 0 aliphatic rings. The zero-order chi connectivity index (χ0) is 31.2. The first-order valence-electron chi connectivity index (χ1n) is 14.6. The fourth-order valence-electron chi connectivity index (χ4n) is 5.08. The molecule has 0 aromatic heterocycles. The number of esters is 1. The molecule has 0 spiro atoms. The molecule has 0 atom stereocenters. The summed E-state index contributed by atoms with van der Waals surface area (Å²) in [6.07, 6.45) is 2.96. The number of carbonyl (C=O) groups excluding carboxylic acids is 1. The lowest BCUT2D eigenvalue weighted by Gasteiger charge is -2.09. The van der Waals surface area contributed by atoms with Gasteiger partial charge in [0.1, 0.15) is 29.0 Å². The molecule has 0 N–H and O–H groups in total. The van der Waals surface area contributed by atoms with Crippen molar-refractivity contribution in [3.63, 3.8) is 0 Å². The van der Waals surface area contributed by atoms with Crippen LogP contribution in [0.25, 0.3) is 33.4 Å². The topological polar surface area (TPSA) is 26.3 Å². The van der Waals surface area contributed by atoms with Gasteiger partial charge in [-0.25, -0.2) is 17.6 Å². The van der Waals surface area contributed by atoms with Gasteiger partial charge in [0.05, 0.1) is 0 Å². The van der Waals surface area contributed by atoms with E-state index in [4.69, 9.17) is 4.74 Å². The summed E-state index contributed by atoms with van der Waals surface area (Å²) in [7, 11) is 0. The van der Waals surface area contributed by atoms with E-state index in [9.17, 15) is 22.4 Å². The number of hydrogen-bond donors (Lipinski definition) is 0. The van der Waals surface area contributed by atoms with Crippen molar-refractivity contribution in [3.05, 3.63) is 137 Å². The van der Waals surface area contributed by atoms with Crippen molar-refractivity contribution in [2.75, 3.05) is 0 Å². The van der Waals surface area contributed by atoms with Gasteiger partial charge in [-0.05, 0) is 97.3 Å². The van der Waals surface area contributed by atoms with Gasteiger partial charge in [-0.15, -0.1) is 0 Å². The number of carbonyl (C=O) groups is 1. The van der Waals surface area contributed by atoms with Crippen LogP contribution in [0, 0.1) is 37.1 Å². The number of rotatable bonds is 10. The second kappa shape index (κ2) is 13.7. The second-order valence-electron chi connectivity index (χ2n) is 11.0. The predicted molar refractivity (Wildman–Crippen MR) is 166 cm³/mol. The zero-order valence-corrected chi connectivity index (χ0v) is 24.6. The number of unbranched alkanes of at least 4 members (excludes halogenated alkanes) is 2. The SMILES string of the molecule is Cc1ccc(-c2ccc(-c3ccc(OC(=O)CCCCCc4ccc(-c5cc(F)c(C)c(F)c5)c(F)c4)cc3)cc2F)cc1. The van der Waals surface area contributed by atoms with Crippen LogP contribution in [0.15, 0.2) is 97.1 Å². The first-order chi connectivity index (χ1) is 21.2. The van der Waals surface area contributed by atoms with Gasteiger partial charge in [-0.1, -0.05) is 72.6 Å². The maximum absolute atomic E-state index is 14.9. The molecule has 6 heteroatoms. The molecule has 5 aromatic rings. The Bertz CT molecular complexity index is 1750. The van der Waals surface area contributed by atoms with Crippen molar-refractivity contribution in [2.45, 2.75) is 46.0 Å². The van der Waals surface area contributed by atoms with Crippen LogP contribution in [0.5, 0.6) is 5.75 Å². The quantitative estimate of drug-likeness (QED) is 0.0694. The summed E-state index contributed by atoms with van der Waals surface area (Å²) < 4.78 is 62.8. The third kappa shape index (κ3) is 7.43.